The molecule has 13 heavy (non-hydrogen) atoms. The van der Waals surface area contributed by atoms with E-state index >= 15 is 0 Å². The molecule has 0 saturated carbocycles. The summed E-state index contributed by atoms with van der Waals surface area (Å²) in [5.41, 5.74) is 9.17. The number of aliphatic carboxylic acids is 2. The van der Waals surface area contributed by atoms with Crippen LogP contribution < -0.4 is 46.0 Å². The minimum Gasteiger partial charge on any atom is -0.550 e. The van der Waals surface area contributed by atoms with Crippen LogP contribution in [0.2, 0.25) is 0 Å². The van der Waals surface area contributed by atoms with Crippen molar-refractivity contribution in [3.05, 3.63) is 0 Å². The van der Waals surface area contributed by atoms with Crippen molar-refractivity contribution in [2.75, 3.05) is 0 Å². The van der Waals surface area contributed by atoms with E-state index in [1.165, 1.54) is 0 Å². The average molecular weight is 183 g/mol. The quantitative estimate of drug-likeness (QED) is 0.224. The zero-order chi connectivity index (χ0) is 10.1. The summed E-state index contributed by atoms with van der Waals surface area (Å²) in [4.78, 5) is 19.0. The van der Waals surface area contributed by atoms with E-state index in [2.05, 4.69) is 16.9 Å². The number of carbonyl (C=O) groups is 2. The standard InChI is InChI=1S/C4H6O4.CH5N3.Li/c5-3(6)1-2-4(7)8;2-1(3)4;/h1-2H2,(H,5,6)(H,7,8);(H5,2,3,4);/q;;+1/p-1. The maximum Gasteiger partial charge on any atom is 1.00 e. The van der Waals surface area contributed by atoms with Gasteiger partial charge in [0.1, 0.15) is 0 Å². The Bertz CT molecular complexity index is 167. The van der Waals surface area contributed by atoms with Crippen LogP contribution in [0.15, 0.2) is 0 Å². The first-order valence-electron chi connectivity index (χ1n) is 2.89. The molecule has 6 N–H and O–H groups in total. The van der Waals surface area contributed by atoms with Crippen molar-refractivity contribution in [2.45, 2.75) is 12.8 Å². The van der Waals surface area contributed by atoms with Crippen molar-refractivity contribution < 1.29 is 44.1 Å². The molecular weight excluding hydrogens is 173 g/mol. The monoisotopic (exact) mass is 183 g/mol. The maximum absolute atomic E-state index is 9.50. The number of nitrogens with two attached hydrogens (primary N) is 3. The molecule has 0 aromatic heterocycles. The Hall–Kier alpha value is -1.19. The molecule has 0 aliphatic carbocycles. The van der Waals surface area contributed by atoms with E-state index in [-0.39, 0.29) is 24.8 Å². The Kier molecular flexibility index (Phi) is 14.8. The molecule has 7 nitrogen and oxygen atoms in total. The topological polar surface area (TPSA) is 158 Å². The summed E-state index contributed by atoms with van der Waals surface area (Å²) >= 11 is 0. The van der Waals surface area contributed by atoms with E-state index in [9.17, 15) is 19.8 Å². The van der Waals surface area contributed by atoms with E-state index in [0.717, 1.165) is 0 Å². The van der Waals surface area contributed by atoms with Gasteiger partial charge in [-0.25, -0.2) is 0 Å². The molecule has 0 aromatic carbocycles. The summed E-state index contributed by atoms with van der Waals surface area (Å²) < 4.78 is 0. The van der Waals surface area contributed by atoms with E-state index in [4.69, 9.17) is 0 Å². The summed E-state index contributed by atoms with van der Waals surface area (Å²) in [6.07, 6.45) is -0.940. The second-order valence-electron chi connectivity index (χ2n) is 1.74. The molecular formula is C5H10LiN3O4. The van der Waals surface area contributed by atoms with Gasteiger partial charge in [0, 0.05) is 11.9 Å². The molecule has 0 bridgehead atoms. The Balaban J connectivity index is -0.000000173. The van der Waals surface area contributed by atoms with Gasteiger partial charge in [0.25, 0.3) is 0 Å². The number of hydrogen-bond donors (Lipinski definition) is 3. The minimum absolute atomic E-state index is 0. The number of carboxylic acids is 2. The van der Waals surface area contributed by atoms with Crippen LogP contribution in [0.4, 0.5) is 0 Å². The van der Waals surface area contributed by atoms with Gasteiger partial charge in [-0.3, -0.25) is 16.9 Å². The van der Waals surface area contributed by atoms with Gasteiger partial charge in [0.15, 0.2) is 0 Å². The van der Waals surface area contributed by atoms with Gasteiger partial charge in [-0.2, -0.15) is 0 Å². The second kappa shape index (κ2) is 10.8. The third-order valence-electron chi connectivity index (χ3n) is 0.533. The van der Waals surface area contributed by atoms with Crippen molar-refractivity contribution in [1.29, 1.82) is 0 Å². The first-order valence-corrected chi connectivity index (χ1v) is 2.89. The molecule has 0 amide bonds. The van der Waals surface area contributed by atoms with E-state index < -0.39 is 24.8 Å². The van der Waals surface area contributed by atoms with Gasteiger partial charge in [0.2, 0.25) is 0 Å². The predicted octanol–water partition coefficient (Wildman–Crippen LogP) is -8.71. The molecule has 0 unspecified atom stereocenters. The molecule has 0 heterocycles. The number of hydrogen-bond acceptors (Lipinski definition) is 4. The van der Waals surface area contributed by atoms with Gasteiger partial charge in [0.05, 0.1) is 0 Å². The fraction of sp³-hybridized carbons (Fsp3) is 0.400. The number of guanidine groups is 1. The summed E-state index contributed by atoms with van der Waals surface area (Å²) in [7, 11) is 0. The molecule has 0 saturated heterocycles. The Morgan fingerprint density at radius 2 is 1.23 bits per heavy atom. The van der Waals surface area contributed by atoms with Gasteiger partial charge in [-0.05, 0) is 12.8 Å². The van der Waals surface area contributed by atoms with Crippen molar-refractivity contribution >= 4 is 17.9 Å². The van der Waals surface area contributed by atoms with Crippen molar-refractivity contribution in [3.8, 4) is 0 Å². The molecule has 0 aromatic rings. The second-order valence-corrected chi connectivity index (χ2v) is 1.74. The summed E-state index contributed by atoms with van der Waals surface area (Å²) in [5.74, 6) is -2.82. The molecule has 0 atom stereocenters. The number of carbonyl (C=O) groups excluding carboxylic acids is 2. The predicted molar refractivity (Wildman–Crippen MR) is 34.6 cm³/mol. The molecule has 0 aliphatic heterocycles. The fourth-order valence-electron chi connectivity index (χ4n) is 0.204. The molecule has 8 heteroatoms. The van der Waals surface area contributed by atoms with Crippen LogP contribution >= 0.6 is 0 Å². The Morgan fingerprint density at radius 1 is 1.08 bits per heavy atom. The van der Waals surface area contributed by atoms with Gasteiger partial charge < -0.3 is 19.8 Å². The zero-order valence-corrected chi connectivity index (χ0v) is 7.28. The van der Waals surface area contributed by atoms with Crippen LogP contribution in [0.1, 0.15) is 12.8 Å². The molecule has 0 radical (unpaired) electrons. The van der Waals surface area contributed by atoms with Crippen LogP contribution in [0.5, 0.6) is 0 Å². The maximum atomic E-state index is 9.50. The zero-order valence-electron chi connectivity index (χ0n) is 7.28. The van der Waals surface area contributed by atoms with Gasteiger partial charge >= 0.3 is 24.8 Å². The van der Waals surface area contributed by atoms with Crippen molar-refractivity contribution in [1.82, 2.24) is 0 Å². The third-order valence-corrected chi connectivity index (χ3v) is 0.533. The summed E-state index contributed by atoms with van der Waals surface area (Å²) in [5, 5.41) is 23.6. The number of rotatable bonds is 3. The van der Waals surface area contributed by atoms with Crippen molar-refractivity contribution in [3.63, 3.8) is 0 Å². The summed E-state index contributed by atoms with van der Waals surface area (Å²) in [6.45, 7) is 0. The normalized spacial score (nSPS) is 7.08. The van der Waals surface area contributed by atoms with Crippen LogP contribution in [-0.4, -0.2) is 17.9 Å². The van der Waals surface area contributed by atoms with Crippen LogP contribution in [-0.2, 0) is 9.59 Å². The SMILES string of the molecule is NC(N)=[NH2+].O=C([O-])CCC(=O)[O-].[Li+]. The minimum atomic E-state index is -1.37. The first-order chi connectivity index (χ1) is 5.36. The fourth-order valence-corrected chi connectivity index (χ4v) is 0.204. The van der Waals surface area contributed by atoms with Crippen LogP contribution in [0.3, 0.4) is 0 Å². The molecule has 0 spiro atoms. The molecule has 0 fully saturated rings. The van der Waals surface area contributed by atoms with Gasteiger partial charge in [-0.1, -0.05) is 0 Å². The smallest absolute Gasteiger partial charge is 0.550 e. The van der Waals surface area contributed by atoms with Crippen molar-refractivity contribution in [2.24, 2.45) is 11.5 Å². The third kappa shape index (κ3) is 57.8. The number of carboxylic acid groups (broad SMARTS) is 2. The Morgan fingerprint density at radius 3 is 1.31 bits per heavy atom. The van der Waals surface area contributed by atoms with E-state index in [1.807, 2.05) is 0 Å². The van der Waals surface area contributed by atoms with Crippen LogP contribution in [0, 0.1) is 0 Å². The molecule has 0 rings (SSSR count). The molecule has 70 valence electrons. The summed E-state index contributed by atoms with van der Waals surface area (Å²) in [6, 6.07) is 0. The first kappa shape index (κ1) is 17.8. The largest absolute Gasteiger partial charge is 1.00 e. The van der Waals surface area contributed by atoms with Gasteiger partial charge in [-0.15, -0.1) is 0 Å². The average Bonchev–Trinajstić information content (AvgIpc) is 1.82. The van der Waals surface area contributed by atoms with E-state index in [1.54, 1.807) is 0 Å². The molecule has 0 aliphatic rings. The van der Waals surface area contributed by atoms with Crippen LogP contribution in [0.25, 0.3) is 0 Å². The Labute approximate surface area is 86.8 Å². The van der Waals surface area contributed by atoms with E-state index in [0.29, 0.717) is 0 Å².